The van der Waals surface area contributed by atoms with E-state index in [2.05, 4.69) is 11.0 Å². The van der Waals surface area contributed by atoms with Gasteiger partial charge in [-0.1, -0.05) is 78.9 Å². The standard InChI is InChI=1S/C36H40F3N3O4/c1-4-41(26-27-14-8-6-9-15-27)31-19-13-12-18-29(31)30(25-40)34(24-32(43)46-5-2)20-22-42(23-21-34)33(44)35(45-3,36(37,38)39)28-16-10-7-11-17-28/h6-19,30H,4-5,20-24,26H2,1-3H3/t30?,35-/m1/s1. The number of hydrogen-bond acceptors (Lipinski definition) is 6. The number of hydrogen-bond donors (Lipinski definition) is 0. The van der Waals surface area contributed by atoms with Crippen molar-refractivity contribution >= 4 is 17.6 Å². The third-order valence-corrected chi connectivity index (χ3v) is 8.96. The number of methoxy groups -OCH3 is 1. The van der Waals surface area contributed by atoms with Crippen molar-refractivity contribution in [1.29, 1.82) is 5.26 Å². The van der Waals surface area contributed by atoms with Gasteiger partial charge in [0.1, 0.15) is 0 Å². The molecule has 1 heterocycles. The number of piperidine rings is 1. The van der Waals surface area contributed by atoms with E-state index in [0.717, 1.165) is 28.8 Å². The SMILES string of the molecule is CCOC(=O)CC1(C(C#N)c2ccccc2N(CC)Cc2ccccc2)CCN(C(=O)[C@](OC)(c2ccccc2)C(F)(F)F)CC1. The minimum Gasteiger partial charge on any atom is -0.466 e. The highest BCUT2D eigenvalue weighted by Gasteiger charge is 2.64. The number of para-hydroxylation sites is 1. The maximum absolute atomic E-state index is 14.7. The molecule has 1 aliphatic heterocycles. The van der Waals surface area contributed by atoms with Gasteiger partial charge in [0.15, 0.2) is 0 Å². The number of likely N-dealkylation sites (tertiary alicyclic amines) is 1. The average Bonchev–Trinajstić information content (AvgIpc) is 3.05. The molecule has 0 aromatic heterocycles. The van der Waals surface area contributed by atoms with Crippen molar-refractivity contribution in [2.24, 2.45) is 5.41 Å². The number of halogens is 3. The van der Waals surface area contributed by atoms with Gasteiger partial charge in [0.2, 0.25) is 0 Å². The fourth-order valence-electron chi connectivity index (χ4n) is 6.57. The first-order valence-electron chi connectivity index (χ1n) is 15.5. The Morgan fingerprint density at radius 2 is 1.54 bits per heavy atom. The third kappa shape index (κ3) is 6.90. The molecule has 0 spiro atoms. The van der Waals surface area contributed by atoms with E-state index in [1.807, 2.05) is 61.5 Å². The van der Waals surface area contributed by atoms with Crippen LogP contribution in [-0.2, 0) is 31.2 Å². The molecule has 0 aliphatic carbocycles. The molecule has 0 bridgehead atoms. The molecule has 1 aliphatic rings. The summed E-state index contributed by atoms with van der Waals surface area (Å²) < 4.78 is 54.5. The van der Waals surface area contributed by atoms with Crippen molar-refractivity contribution in [3.63, 3.8) is 0 Å². The molecule has 4 rings (SSSR count). The highest BCUT2D eigenvalue weighted by molar-refractivity contribution is 5.88. The number of carbonyl (C=O) groups excluding carboxylic acids is 2. The second-order valence-corrected chi connectivity index (χ2v) is 11.5. The van der Waals surface area contributed by atoms with Crippen molar-refractivity contribution in [2.45, 2.75) is 57.3 Å². The third-order valence-electron chi connectivity index (χ3n) is 8.96. The van der Waals surface area contributed by atoms with Gasteiger partial charge in [-0.3, -0.25) is 9.59 Å². The summed E-state index contributed by atoms with van der Waals surface area (Å²) in [5.74, 6) is -2.53. The lowest BCUT2D eigenvalue weighted by Crippen LogP contribution is -2.59. The minimum absolute atomic E-state index is 0.103. The highest BCUT2D eigenvalue weighted by atomic mass is 19.4. The average molecular weight is 636 g/mol. The number of amides is 1. The topological polar surface area (TPSA) is 82.9 Å². The number of ether oxygens (including phenoxy) is 2. The highest BCUT2D eigenvalue weighted by Crippen LogP contribution is 2.51. The van der Waals surface area contributed by atoms with Crippen LogP contribution in [0.15, 0.2) is 84.9 Å². The summed E-state index contributed by atoms with van der Waals surface area (Å²) >= 11 is 0. The Kier molecular flexibility index (Phi) is 11.1. The number of nitrogens with zero attached hydrogens (tertiary/aromatic N) is 3. The van der Waals surface area contributed by atoms with Crippen LogP contribution in [0.3, 0.4) is 0 Å². The summed E-state index contributed by atoms with van der Waals surface area (Å²) in [6.07, 6.45) is -4.94. The van der Waals surface area contributed by atoms with Gasteiger partial charge < -0.3 is 19.3 Å². The largest absolute Gasteiger partial charge is 0.466 e. The molecule has 3 aromatic carbocycles. The zero-order valence-electron chi connectivity index (χ0n) is 26.4. The Hall–Kier alpha value is -4.36. The molecule has 10 heteroatoms. The quantitative estimate of drug-likeness (QED) is 0.200. The molecule has 0 saturated carbocycles. The van der Waals surface area contributed by atoms with E-state index in [9.17, 15) is 28.0 Å². The Labute approximate surface area is 268 Å². The van der Waals surface area contributed by atoms with Gasteiger partial charge in [-0.25, -0.2) is 0 Å². The summed E-state index contributed by atoms with van der Waals surface area (Å²) in [5, 5.41) is 10.7. The van der Waals surface area contributed by atoms with Crippen LogP contribution in [0.5, 0.6) is 0 Å². The van der Waals surface area contributed by atoms with Crippen molar-refractivity contribution < 1.29 is 32.2 Å². The molecule has 0 N–H and O–H groups in total. The summed E-state index contributed by atoms with van der Waals surface area (Å²) in [6.45, 7) is 4.89. The van der Waals surface area contributed by atoms with Crippen LogP contribution in [0.25, 0.3) is 0 Å². The Morgan fingerprint density at radius 3 is 2.09 bits per heavy atom. The first-order valence-corrected chi connectivity index (χ1v) is 15.5. The van der Waals surface area contributed by atoms with Crippen LogP contribution in [0.1, 0.15) is 55.7 Å². The second-order valence-electron chi connectivity index (χ2n) is 11.5. The molecule has 7 nitrogen and oxygen atoms in total. The molecule has 0 radical (unpaired) electrons. The summed E-state index contributed by atoms with van der Waals surface area (Å²) in [4.78, 5) is 30.1. The molecule has 3 aromatic rings. The van der Waals surface area contributed by atoms with Crippen LogP contribution in [-0.4, -0.2) is 56.3 Å². The van der Waals surface area contributed by atoms with E-state index in [1.165, 1.54) is 24.3 Å². The van der Waals surface area contributed by atoms with E-state index in [0.29, 0.717) is 13.1 Å². The monoisotopic (exact) mass is 635 g/mol. The lowest BCUT2D eigenvalue weighted by atomic mass is 9.64. The second kappa shape index (κ2) is 14.8. The van der Waals surface area contributed by atoms with Crippen LogP contribution < -0.4 is 4.90 Å². The Morgan fingerprint density at radius 1 is 0.957 bits per heavy atom. The molecule has 1 amide bonds. The summed E-state index contributed by atoms with van der Waals surface area (Å²) in [7, 11) is 0.880. The minimum atomic E-state index is -5.05. The molecule has 1 fully saturated rings. The van der Waals surface area contributed by atoms with Gasteiger partial charge in [-0.15, -0.1) is 0 Å². The number of esters is 1. The first-order chi connectivity index (χ1) is 22.1. The van der Waals surface area contributed by atoms with E-state index in [-0.39, 0.29) is 44.5 Å². The number of nitriles is 1. The smallest absolute Gasteiger partial charge is 0.430 e. The van der Waals surface area contributed by atoms with Crippen LogP contribution in [0.4, 0.5) is 18.9 Å². The number of rotatable bonds is 12. The lowest BCUT2D eigenvalue weighted by Gasteiger charge is -2.46. The summed E-state index contributed by atoms with van der Waals surface area (Å²) in [5.41, 5.74) is -1.87. The van der Waals surface area contributed by atoms with E-state index < -0.39 is 35.0 Å². The number of anilines is 1. The molecular formula is C36H40F3N3O4. The molecule has 1 unspecified atom stereocenters. The Bertz CT molecular complexity index is 1500. The van der Waals surface area contributed by atoms with Crippen molar-refractivity contribution in [1.82, 2.24) is 4.90 Å². The van der Waals surface area contributed by atoms with Crippen LogP contribution in [0, 0.1) is 16.7 Å². The predicted octanol–water partition coefficient (Wildman–Crippen LogP) is 6.99. The number of benzene rings is 3. The van der Waals surface area contributed by atoms with Gasteiger partial charge >= 0.3 is 12.1 Å². The van der Waals surface area contributed by atoms with Gasteiger partial charge in [-0.05, 0) is 43.9 Å². The first kappa shape index (κ1) is 34.5. The maximum atomic E-state index is 14.7. The van der Waals surface area contributed by atoms with Crippen molar-refractivity contribution in [3.05, 3.63) is 102 Å². The molecule has 1 saturated heterocycles. The molecule has 2 atom stereocenters. The van der Waals surface area contributed by atoms with Gasteiger partial charge in [0.05, 0.1) is 25.0 Å². The van der Waals surface area contributed by atoms with Gasteiger partial charge in [-0.2, -0.15) is 18.4 Å². The number of alkyl halides is 3. The van der Waals surface area contributed by atoms with Crippen molar-refractivity contribution in [3.8, 4) is 6.07 Å². The van der Waals surface area contributed by atoms with Gasteiger partial charge in [0.25, 0.3) is 11.5 Å². The van der Waals surface area contributed by atoms with Crippen LogP contribution >= 0.6 is 0 Å². The molecule has 46 heavy (non-hydrogen) atoms. The van der Waals surface area contributed by atoms with E-state index in [4.69, 9.17) is 9.47 Å². The zero-order chi connectivity index (χ0) is 33.4. The van der Waals surface area contributed by atoms with E-state index in [1.54, 1.807) is 13.0 Å². The van der Waals surface area contributed by atoms with Crippen molar-refractivity contribution in [2.75, 3.05) is 38.3 Å². The predicted molar refractivity (Wildman–Crippen MR) is 169 cm³/mol. The van der Waals surface area contributed by atoms with Gasteiger partial charge in [0, 0.05) is 50.0 Å². The van der Waals surface area contributed by atoms with Crippen LogP contribution in [0.2, 0.25) is 0 Å². The number of carbonyl (C=O) groups is 2. The molecular weight excluding hydrogens is 595 g/mol. The fourth-order valence-corrected chi connectivity index (χ4v) is 6.57. The Balaban J connectivity index is 1.71. The van der Waals surface area contributed by atoms with E-state index >= 15 is 0 Å². The fraction of sp³-hybridized carbons (Fsp3) is 0.417. The lowest BCUT2D eigenvalue weighted by molar-refractivity contribution is -0.271. The normalized spacial score (nSPS) is 16.5. The maximum Gasteiger partial charge on any atom is 0.430 e. The summed E-state index contributed by atoms with van der Waals surface area (Å²) in [6, 6.07) is 26.8. The zero-order valence-corrected chi connectivity index (χ0v) is 26.4. The molecule has 244 valence electrons.